The van der Waals surface area contributed by atoms with Gasteiger partial charge in [-0.25, -0.2) is 0 Å². The van der Waals surface area contributed by atoms with Gasteiger partial charge in [-0.3, -0.25) is 9.78 Å². The van der Waals surface area contributed by atoms with Crippen molar-refractivity contribution in [1.82, 2.24) is 30.2 Å². The Morgan fingerprint density at radius 2 is 1.91 bits per heavy atom. The van der Waals surface area contributed by atoms with Crippen molar-refractivity contribution in [3.63, 3.8) is 0 Å². The largest absolute Gasteiger partial charge is 0.343 e. The van der Waals surface area contributed by atoms with Crippen LogP contribution < -0.4 is 0 Å². The molecule has 1 saturated heterocycles. The summed E-state index contributed by atoms with van der Waals surface area (Å²) in [7, 11) is 0. The highest BCUT2D eigenvalue weighted by molar-refractivity contribution is 5.76. The molecule has 1 aliphatic heterocycles. The average Bonchev–Trinajstić information content (AvgIpc) is 3.54. The summed E-state index contributed by atoms with van der Waals surface area (Å²) in [4.78, 5) is 28.0. The van der Waals surface area contributed by atoms with E-state index < -0.39 is 0 Å². The summed E-state index contributed by atoms with van der Waals surface area (Å²) in [6.45, 7) is 5.42. The molecule has 1 aromatic carbocycles. The fraction of sp³-hybridized carbons (Fsp3) is 0.360. The second-order valence-electron chi connectivity index (χ2n) is 8.96. The molecule has 0 aliphatic carbocycles. The molecular formula is C25H26N6O3. The number of aromatic nitrogens is 5. The van der Waals surface area contributed by atoms with Crippen LogP contribution in [0.2, 0.25) is 0 Å². The molecule has 0 radical (unpaired) electrons. The van der Waals surface area contributed by atoms with Gasteiger partial charge >= 0.3 is 0 Å². The van der Waals surface area contributed by atoms with E-state index in [0.29, 0.717) is 55.1 Å². The zero-order valence-corrected chi connectivity index (χ0v) is 19.3. The van der Waals surface area contributed by atoms with Gasteiger partial charge in [-0.2, -0.15) is 9.97 Å². The van der Waals surface area contributed by atoms with Crippen molar-refractivity contribution >= 4 is 5.91 Å². The second kappa shape index (κ2) is 9.17. The van der Waals surface area contributed by atoms with Gasteiger partial charge in [0.05, 0.1) is 0 Å². The summed E-state index contributed by atoms with van der Waals surface area (Å²) in [6, 6.07) is 13.5. The van der Waals surface area contributed by atoms with Crippen molar-refractivity contribution in [2.24, 2.45) is 0 Å². The molecule has 1 amide bonds. The second-order valence-corrected chi connectivity index (χ2v) is 8.96. The van der Waals surface area contributed by atoms with Crippen LogP contribution in [0.5, 0.6) is 0 Å². The highest BCUT2D eigenvalue weighted by Crippen LogP contribution is 2.34. The number of nitrogens with zero attached hydrogens (tertiary/aromatic N) is 6. The molecule has 174 valence electrons. The Labute approximate surface area is 197 Å². The summed E-state index contributed by atoms with van der Waals surface area (Å²) in [5.74, 6) is 2.18. The van der Waals surface area contributed by atoms with Crippen molar-refractivity contribution in [2.75, 3.05) is 13.1 Å². The summed E-state index contributed by atoms with van der Waals surface area (Å²) >= 11 is 0. The van der Waals surface area contributed by atoms with E-state index >= 15 is 0 Å². The molecule has 5 rings (SSSR count). The van der Waals surface area contributed by atoms with E-state index in [1.54, 1.807) is 6.20 Å². The predicted molar refractivity (Wildman–Crippen MR) is 123 cm³/mol. The number of benzene rings is 1. The standard InChI is InChI=1S/C25H26N6O3/c1-17-6-5-7-18(16-17)22-27-20(33-29-22)9-10-21(32)31-14-11-25(2,12-15-31)24-28-23(34-30-24)19-8-3-4-13-26-19/h3-8,13,16H,9-12,14-15H2,1-2H3. The third-order valence-corrected chi connectivity index (χ3v) is 6.37. The molecule has 0 N–H and O–H groups in total. The predicted octanol–water partition coefficient (Wildman–Crippen LogP) is 4.00. The lowest BCUT2D eigenvalue weighted by Gasteiger charge is -2.37. The van der Waals surface area contributed by atoms with Gasteiger partial charge in [-0.1, -0.05) is 47.1 Å². The lowest BCUT2D eigenvalue weighted by atomic mass is 9.79. The van der Waals surface area contributed by atoms with Crippen molar-refractivity contribution in [3.05, 3.63) is 65.9 Å². The SMILES string of the molecule is Cc1cccc(-c2noc(CCC(=O)N3CCC(C)(c4noc(-c5ccccn5)n4)CC3)n2)c1. The number of aryl methyl sites for hydroxylation is 2. The van der Waals surface area contributed by atoms with Gasteiger partial charge < -0.3 is 13.9 Å². The molecule has 4 aromatic rings. The van der Waals surface area contributed by atoms with E-state index in [0.717, 1.165) is 24.0 Å². The molecule has 3 aromatic heterocycles. The van der Waals surface area contributed by atoms with Crippen molar-refractivity contribution in [1.29, 1.82) is 0 Å². The smallest absolute Gasteiger partial charge is 0.276 e. The molecule has 0 bridgehead atoms. The van der Waals surface area contributed by atoms with Crippen LogP contribution in [-0.4, -0.2) is 49.2 Å². The summed E-state index contributed by atoms with van der Waals surface area (Å²) in [5.41, 5.74) is 2.45. The third-order valence-electron chi connectivity index (χ3n) is 6.37. The summed E-state index contributed by atoms with van der Waals surface area (Å²) in [6.07, 6.45) is 3.97. The Morgan fingerprint density at radius 3 is 2.68 bits per heavy atom. The van der Waals surface area contributed by atoms with E-state index in [2.05, 4.69) is 32.2 Å². The van der Waals surface area contributed by atoms with Crippen molar-refractivity contribution in [3.8, 4) is 23.0 Å². The topological polar surface area (TPSA) is 111 Å². The molecular weight excluding hydrogens is 432 g/mol. The maximum atomic E-state index is 12.8. The number of carbonyl (C=O) groups is 1. The summed E-state index contributed by atoms with van der Waals surface area (Å²) in [5, 5.41) is 8.27. The number of hydrogen-bond donors (Lipinski definition) is 0. The van der Waals surface area contributed by atoms with Crippen LogP contribution in [0.3, 0.4) is 0 Å². The number of rotatable bonds is 6. The zero-order valence-electron chi connectivity index (χ0n) is 19.3. The third kappa shape index (κ3) is 4.59. The molecule has 34 heavy (non-hydrogen) atoms. The molecule has 9 heteroatoms. The van der Waals surface area contributed by atoms with Crippen LogP contribution in [0.15, 0.2) is 57.7 Å². The first-order valence-corrected chi connectivity index (χ1v) is 11.4. The molecule has 4 heterocycles. The summed E-state index contributed by atoms with van der Waals surface area (Å²) < 4.78 is 10.8. The number of hydrogen-bond acceptors (Lipinski definition) is 8. The first-order chi connectivity index (χ1) is 16.5. The maximum absolute atomic E-state index is 12.8. The highest BCUT2D eigenvalue weighted by Gasteiger charge is 2.37. The Kier molecular flexibility index (Phi) is 5.91. The fourth-order valence-electron chi connectivity index (χ4n) is 4.16. The molecule has 9 nitrogen and oxygen atoms in total. The first-order valence-electron chi connectivity index (χ1n) is 11.4. The number of piperidine rings is 1. The van der Waals surface area contributed by atoms with Crippen molar-refractivity contribution in [2.45, 2.75) is 44.9 Å². The fourth-order valence-corrected chi connectivity index (χ4v) is 4.16. The van der Waals surface area contributed by atoms with Crippen LogP contribution in [-0.2, 0) is 16.6 Å². The van der Waals surface area contributed by atoms with Crippen LogP contribution >= 0.6 is 0 Å². The van der Waals surface area contributed by atoms with Crippen LogP contribution in [0, 0.1) is 6.92 Å². The van der Waals surface area contributed by atoms with E-state index in [-0.39, 0.29) is 11.3 Å². The van der Waals surface area contributed by atoms with E-state index in [9.17, 15) is 4.79 Å². The van der Waals surface area contributed by atoms with Gasteiger partial charge in [0.15, 0.2) is 5.82 Å². The molecule has 0 spiro atoms. The number of amides is 1. The van der Waals surface area contributed by atoms with Crippen molar-refractivity contribution < 1.29 is 13.8 Å². The monoisotopic (exact) mass is 458 g/mol. The van der Waals surface area contributed by atoms with E-state index in [1.807, 2.05) is 54.3 Å². The van der Waals surface area contributed by atoms with Gasteiger partial charge in [0.1, 0.15) is 5.69 Å². The quantitative estimate of drug-likeness (QED) is 0.426. The van der Waals surface area contributed by atoms with E-state index in [1.165, 1.54) is 0 Å². The molecule has 0 atom stereocenters. The lowest BCUT2D eigenvalue weighted by molar-refractivity contribution is -0.132. The van der Waals surface area contributed by atoms with Crippen LogP contribution in [0.4, 0.5) is 0 Å². The highest BCUT2D eigenvalue weighted by atomic mass is 16.5. The first kappa shape index (κ1) is 21.9. The Bertz CT molecular complexity index is 1270. The molecule has 1 aliphatic rings. The zero-order chi connectivity index (χ0) is 23.5. The Balaban J connectivity index is 1.15. The Hall–Kier alpha value is -3.88. The Morgan fingerprint density at radius 1 is 1.06 bits per heavy atom. The van der Waals surface area contributed by atoms with Crippen LogP contribution in [0.25, 0.3) is 23.0 Å². The van der Waals surface area contributed by atoms with Gasteiger partial charge in [0.2, 0.25) is 17.6 Å². The van der Waals surface area contributed by atoms with Gasteiger partial charge in [-0.05, 0) is 38.0 Å². The normalized spacial score (nSPS) is 15.4. The number of likely N-dealkylation sites (tertiary alicyclic amines) is 1. The van der Waals surface area contributed by atoms with Crippen LogP contribution in [0.1, 0.15) is 43.5 Å². The number of pyridine rings is 1. The maximum Gasteiger partial charge on any atom is 0.276 e. The van der Waals surface area contributed by atoms with E-state index in [4.69, 9.17) is 9.05 Å². The molecule has 0 unspecified atom stereocenters. The molecule has 0 saturated carbocycles. The average molecular weight is 459 g/mol. The van der Waals surface area contributed by atoms with Gasteiger partial charge in [0, 0.05) is 43.1 Å². The minimum atomic E-state index is -0.248. The lowest BCUT2D eigenvalue weighted by Crippen LogP contribution is -2.44. The minimum absolute atomic E-state index is 0.0830. The minimum Gasteiger partial charge on any atom is -0.343 e. The number of carbonyl (C=O) groups excluding carboxylic acids is 1. The van der Waals surface area contributed by atoms with Gasteiger partial charge in [-0.15, -0.1) is 0 Å². The van der Waals surface area contributed by atoms with Gasteiger partial charge in [0.25, 0.3) is 5.89 Å². The molecule has 1 fully saturated rings.